The normalized spacial score (nSPS) is 11.7. The molecule has 0 aliphatic rings. The minimum Gasteiger partial charge on any atom is -0.468 e. The first-order valence-electron chi connectivity index (χ1n) is 9.10. The molecule has 0 saturated carbocycles. The molecule has 0 aliphatic heterocycles. The molecular formula is C19H26N6O2. The summed E-state index contributed by atoms with van der Waals surface area (Å²) in [6, 6.07) is 5.57. The van der Waals surface area contributed by atoms with Crippen molar-refractivity contribution < 1.29 is 9.53 Å². The van der Waals surface area contributed by atoms with Gasteiger partial charge in [0.05, 0.1) is 12.8 Å². The van der Waals surface area contributed by atoms with Crippen LogP contribution in [0.5, 0.6) is 6.01 Å². The molecule has 0 atom stereocenters. The third-order valence-electron chi connectivity index (χ3n) is 4.27. The molecule has 0 bridgehead atoms. The van der Waals surface area contributed by atoms with Gasteiger partial charge >= 0.3 is 12.0 Å². The number of hydrogen-bond donors (Lipinski definition) is 1. The van der Waals surface area contributed by atoms with Crippen LogP contribution in [-0.2, 0) is 12.0 Å². The summed E-state index contributed by atoms with van der Waals surface area (Å²) in [6.07, 6.45) is 5.40. The minimum absolute atomic E-state index is 0.0554. The highest BCUT2D eigenvalue weighted by atomic mass is 16.5. The van der Waals surface area contributed by atoms with Crippen molar-refractivity contribution in [2.75, 3.05) is 13.7 Å². The van der Waals surface area contributed by atoms with Crippen LogP contribution in [-0.4, -0.2) is 44.0 Å². The number of unbranched alkanes of at least 4 members (excludes halogenated alkanes) is 1. The SMILES string of the molecule is COc1nc2cccnc2n1C(=O)NCCCCn1ccc(C(C)(C)C)n1. The van der Waals surface area contributed by atoms with Crippen LogP contribution in [0.15, 0.2) is 30.6 Å². The number of aryl methyl sites for hydroxylation is 1. The highest BCUT2D eigenvalue weighted by Crippen LogP contribution is 2.20. The van der Waals surface area contributed by atoms with Crippen molar-refractivity contribution in [3.63, 3.8) is 0 Å². The van der Waals surface area contributed by atoms with Gasteiger partial charge in [-0.1, -0.05) is 20.8 Å². The third-order valence-corrected chi connectivity index (χ3v) is 4.27. The summed E-state index contributed by atoms with van der Waals surface area (Å²) in [6.45, 7) is 7.83. The highest BCUT2D eigenvalue weighted by molar-refractivity contribution is 5.88. The zero-order chi connectivity index (χ0) is 19.4. The summed E-state index contributed by atoms with van der Waals surface area (Å²) in [4.78, 5) is 21.0. The van der Waals surface area contributed by atoms with E-state index in [1.807, 2.05) is 10.9 Å². The second kappa shape index (κ2) is 7.77. The van der Waals surface area contributed by atoms with Gasteiger partial charge in [-0.25, -0.2) is 9.78 Å². The van der Waals surface area contributed by atoms with E-state index in [9.17, 15) is 4.79 Å². The number of nitrogens with zero attached hydrogens (tertiary/aromatic N) is 5. The molecule has 3 rings (SSSR count). The van der Waals surface area contributed by atoms with Gasteiger partial charge in [-0.05, 0) is 31.0 Å². The Morgan fingerprint density at radius 1 is 1.26 bits per heavy atom. The zero-order valence-electron chi connectivity index (χ0n) is 16.3. The molecule has 27 heavy (non-hydrogen) atoms. The molecule has 8 heteroatoms. The number of rotatable bonds is 6. The Labute approximate surface area is 158 Å². The lowest BCUT2D eigenvalue weighted by atomic mass is 9.93. The Hall–Kier alpha value is -2.90. The van der Waals surface area contributed by atoms with E-state index in [0.29, 0.717) is 17.7 Å². The maximum absolute atomic E-state index is 12.5. The second-order valence-corrected chi connectivity index (χ2v) is 7.43. The number of fused-ring (bicyclic) bond motifs is 1. The van der Waals surface area contributed by atoms with Gasteiger partial charge in [0, 0.05) is 30.9 Å². The van der Waals surface area contributed by atoms with Gasteiger partial charge in [0.25, 0.3) is 0 Å². The van der Waals surface area contributed by atoms with Gasteiger partial charge in [-0.15, -0.1) is 0 Å². The predicted octanol–water partition coefficient (Wildman–Crippen LogP) is 2.97. The lowest BCUT2D eigenvalue weighted by molar-refractivity contribution is 0.238. The molecule has 0 saturated heterocycles. The summed E-state index contributed by atoms with van der Waals surface area (Å²) in [5, 5.41) is 7.51. The number of amides is 1. The van der Waals surface area contributed by atoms with Crippen LogP contribution < -0.4 is 10.1 Å². The van der Waals surface area contributed by atoms with Crippen molar-refractivity contribution >= 4 is 17.2 Å². The van der Waals surface area contributed by atoms with E-state index in [4.69, 9.17) is 4.74 Å². The van der Waals surface area contributed by atoms with Gasteiger partial charge in [0.2, 0.25) is 0 Å². The quantitative estimate of drug-likeness (QED) is 0.674. The monoisotopic (exact) mass is 370 g/mol. The number of ether oxygens (including phenoxy) is 1. The van der Waals surface area contributed by atoms with Crippen LogP contribution in [0, 0.1) is 0 Å². The van der Waals surface area contributed by atoms with Crippen LogP contribution in [0.3, 0.4) is 0 Å². The summed E-state index contributed by atoms with van der Waals surface area (Å²) in [5.41, 5.74) is 2.25. The Morgan fingerprint density at radius 2 is 2.07 bits per heavy atom. The average Bonchev–Trinajstić information content (AvgIpc) is 3.25. The Balaban J connectivity index is 1.51. The average molecular weight is 370 g/mol. The molecule has 1 N–H and O–H groups in total. The van der Waals surface area contributed by atoms with Crippen molar-refractivity contribution in [2.45, 2.75) is 45.6 Å². The van der Waals surface area contributed by atoms with Crippen molar-refractivity contribution in [3.05, 3.63) is 36.3 Å². The van der Waals surface area contributed by atoms with Crippen LogP contribution in [0.2, 0.25) is 0 Å². The number of nitrogens with one attached hydrogen (secondary N) is 1. The fourth-order valence-electron chi connectivity index (χ4n) is 2.77. The molecule has 3 aromatic heterocycles. The van der Waals surface area contributed by atoms with Crippen molar-refractivity contribution in [1.82, 2.24) is 29.6 Å². The van der Waals surface area contributed by atoms with Gasteiger partial charge in [0.1, 0.15) is 5.52 Å². The first kappa shape index (κ1) is 18.9. The van der Waals surface area contributed by atoms with Crippen LogP contribution in [0.4, 0.5) is 4.79 Å². The molecule has 8 nitrogen and oxygen atoms in total. The van der Waals surface area contributed by atoms with Crippen LogP contribution in [0.1, 0.15) is 39.3 Å². The first-order chi connectivity index (χ1) is 12.9. The van der Waals surface area contributed by atoms with Gasteiger partial charge < -0.3 is 10.1 Å². The number of carbonyl (C=O) groups excluding carboxylic acids is 1. The maximum Gasteiger partial charge on any atom is 0.331 e. The van der Waals surface area contributed by atoms with E-state index in [2.05, 4.69) is 47.2 Å². The van der Waals surface area contributed by atoms with Crippen molar-refractivity contribution in [2.24, 2.45) is 0 Å². The fraction of sp³-hybridized carbons (Fsp3) is 0.474. The van der Waals surface area contributed by atoms with E-state index < -0.39 is 0 Å². The van der Waals surface area contributed by atoms with Gasteiger partial charge in [-0.2, -0.15) is 14.6 Å². The number of imidazole rings is 1. The largest absolute Gasteiger partial charge is 0.468 e. The van der Waals surface area contributed by atoms with Crippen LogP contribution >= 0.6 is 0 Å². The van der Waals surface area contributed by atoms with E-state index in [-0.39, 0.29) is 17.5 Å². The molecule has 0 unspecified atom stereocenters. The summed E-state index contributed by atoms with van der Waals surface area (Å²) in [7, 11) is 1.49. The molecule has 0 radical (unpaired) electrons. The van der Waals surface area contributed by atoms with Gasteiger partial charge in [0.15, 0.2) is 5.65 Å². The number of methoxy groups -OCH3 is 1. The van der Waals surface area contributed by atoms with Crippen LogP contribution in [0.25, 0.3) is 11.2 Å². The summed E-state index contributed by atoms with van der Waals surface area (Å²) >= 11 is 0. The van der Waals surface area contributed by atoms with E-state index in [0.717, 1.165) is 25.1 Å². The lowest BCUT2D eigenvalue weighted by Crippen LogP contribution is -2.30. The smallest absolute Gasteiger partial charge is 0.331 e. The molecular weight excluding hydrogens is 344 g/mol. The number of carbonyl (C=O) groups is 1. The maximum atomic E-state index is 12.5. The topological polar surface area (TPSA) is 86.9 Å². The van der Waals surface area contributed by atoms with E-state index in [1.54, 1.807) is 18.3 Å². The molecule has 1 amide bonds. The van der Waals surface area contributed by atoms with Crippen molar-refractivity contribution in [3.8, 4) is 6.01 Å². The summed E-state index contributed by atoms with van der Waals surface area (Å²) < 4.78 is 8.52. The molecule has 3 aromatic rings. The number of pyridine rings is 1. The summed E-state index contributed by atoms with van der Waals surface area (Å²) in [5.74, 6) is 0. The molecule has 0 spiro atoms. The van der Waals surface area contributed by atoms with Crippen molar-refractivity contribution in [1.29, 1.82) is 0 Å². The molecule has 3 heterocycles. The number of hydrogen-bond acceptors (Lipinski definition) is 5. The Morgan fingerprint density at radius 3 is 2.78 bits per heavy atom. The molecule has 0 fully saturated rings. The third kappa shape index (κ3) is 4.27. The standard InChI is InChI=1S/C19H26N6O2/c1-19(2,3)15-9-13-24(23-15)12-6-5-10-21-17(26)25-16-14(8-7-11-20-16)22-18(25)27-4/h7-9,11,13H,5-6,10,12H2,1-4H3,(H,21,26). The highest BCUT2D eigenvalue weighted by Gasteiger charge is 2.18. The predicted molar refractivity (Wildman–Crippen MR) is 103 cm³/mol. The second-order valence-electron chi connectivity index (χ2n) is 7.43. The Kier molecular flexibility index (Phi) is 5.43. The van der Waals surface area contributed by atoms with Gasteiger partial charge in [-0.3, -0.25) is 4.68 Å². The fourth-order valence-corrected chi connectivity index (χ4v) is 2.77. The van der Waals surface area contributed by atoms with E-state index in [1.165, 1.54) is 11.7 Å². The minimum atomic E-state index is -0.290. The lowest BCUT2D eigenvalue weighted by Gasteiger charge is -2.14. The first-order valence-corrected chi connectivity index (χ1v) is 9.10. The molecule has 0 aliphatic carbocycles. The Bertz CT molecular complexity index is 922. The zero-order valence-corrected chi connectivity index (χ0v) is 16.3. The number of aromatic nitrogens is 5. The van der Waals surface area contributed by atoms with E-state index >= 15 is 0 Å². The molecule has 0 aromatic carbocycles. The molecule has 144 valence electrons.